The molecule has 0 aliphatic heterocycles. The van der Waals surface area contributed by atoms with Crippen LogP contribution in [0.5, 0.6) is 0 Å². The molecule has 5 nitrogen and oxygen atoms in total. The summed E-state index contributed by atoms with van der Waals surface area (Å²) < 4.78 is 4.58. The van der Waals surface area contributed by atoms with E-state index in [1.54, 1.807) is 0 Å². The number of esters is 1. The zero-order valence-electron chi connectivity index (χ0n) is 9.91. The molecule has 2 N–H and O–H groups in total. The molecule has 17 heavy (non-hydrogen) atoms. The van der Waals surface area contributed by atoms with Crippen LogP contribution in [0.3, 0.4) is 0 Å². The van der Waals surface area contributed by atoms with Gasteiger partial charge in [-0.05, 0) is 0 Å². The molecule has 0 aliphatic carbocycles. The molecule has 1 heterocycles. The fourth-order valence-electron chi connectivity index (χ4n) is 0.967. The summed E-state index contributed by atoms with van der Waals surface area (Å²) in [6.45, 7) is 4.42. The molecule has 0 saturated heterocycles. The molecule has 0 radical (unpaired) electrons. The summed E-state index contributed by atoms with van der Waals surface area (Å²) in [6.07, 6.45) is 0. The van der Waals surface area contributed by atoms with E-state index in [1.165, 1.54) is 7.11 Å². The van der Waals surface area contributed by atoms with Crippen molar-refractivity contribution in [1.29, 1.82) is 0 Å². The minimum absolute atomic E-state index is 0.0585. The van der Waals surface area contributed by atoms with Crippen LogP contribution < -0.4 is 5.32 Å². The monoisotopic (exact) mass is 278 g/mol. The third kappa shape index (κ3) is 3.83. The third-order valence-electron chi connectivity index (χ3n) is 2.10. The maximum Gasteiger partial charge on any atom is 0.351 e. The summed E-state index contributed by atoms with van der Waals surface area (Å²) in [7, 11) is 1.29. The molecule has 0 atom stereocenters. The van der Waals surface area contributed by atoms with Gasteiger partial charge in [-0.25, -0.2) is 9.78 Å². The van der Waals surface area contributed by atoms with E-state index in [9.17, 15) is 4.79 Å². The number of carbonyl (C=O) groups excluding carboxylic acids is 1. The Hall–Kier alpha value is -0.850. The molecule has 0 unspecified atom stereocenters. The number of methoxy groups -OCH3 is 1. The number of carbonyl (C=O) groups is 1. The van der Waals surface area contributed by atoms with Crippen LogP contribution in [-0.4, -0.2) is 36.3 Å². The highest BCUT2D eigenvalue weighted by Crippen LogP contribution is 2.28. The maximum atomic E-state index is 11.3. The molecule has 0 amide bonds. The Bertz CT molecular complexity index is 406. The highest BCUT2D eigenvalue weighted by Gasteiger charge is 2.20. The predicted molar refractivity (Wildman–Crippen MR) is 67.8 cm³/mol. The van der Waals surface area contributed by atoms with E-state index in [2.05, 4.69) is 15.0 Å². The minimum atomic E-state index is -0.498. The van der Waals surface area contributed by atoms with Crippen LogP contribution in [0.15, 0.2) is 0 Å². The number of thiazole rings is 1. The van der Waals surface area contributed by atoms with Gasteiger partial charge in [-0.3, -0.25) is 0 Å². The molecule has 0 spiro atoms. The highest BCUT2D eigenvalue weighted by molar-refractivity contribution is 7.18. The standard InChI is InChI=1S/C10H15ClN2O3S/c1-10(2,5-14)4-12-9-13-7(11)6(17-9)8(15)16-3/h14H,4-5H2,1-3H3,(H,12,13). The van der Waals surface area contributed by atoms with Gasteiger partial charge < -0.3 is 15.2 Å². The lowest BCUT2D eigenvalue weighted by molar-refractivity contribution is 0.0606. The lowest BCUT2D eigenvalue weighted by Crippen LogP contribution is -2.26. The molecule has 0 aromatic carbocycles. The third-order valence-corrected chi connectivity index (χ3v) is 3.48. The molecular formula is C10H15ClN2O3S. The number of nitrogens with zero attached hydrogens (tertiary/aromatic N) is 1. The van der Waals surface area contributed by atoms with Crippen molar-refractivity contribution in [2.75, 3.05) is 25.6 Å². The van der Waals surface area contributed by atoms with Crippen LogP contribution in [0.1, 0.15) is 23.5 Å². The molecule has 0 aliphatic rings. The Labute approximate surface area is 109 Å². The summed E-state index contributed by atoms with van der Waals surface area (Å²) in [6, 6.07) is 0. The van der Waals surface area contributed by atoms with Gasteiger partial charge in [-0.15, -0.1) is 0 Å². The van der Waals surface area contributed by atoms with Gasteiger partial charge in [0.2, 0.25) is 0 Å². The van der Waals surface area contributed by atoms with Gasteiger partial charge in [-0.2, -0.15) is 0 Å². The quantitative estimate of drug-likeness (QED) is 0.806. The van der Waals surface area contributed by atoms with Gasteiger partial charge in [0.05, 0.1) is 7.11 Å². The van der Waals surface area contributed by atoms with E-state index >= 15 is 0 Å². The first-order valence-electron chi connectivity index (χ1n) is 4.99. The first kappa shape index (κ1) is 14.2. The van der Waals surface area contributed by atoms with Crippen molar-refractivity contribution in [2.24, 2.45) is 5.41 Å². The van der Waals surface area contributed by atoms with Crippen LogP contribution in [-0.2, 0) is 4.74 Å². The number of halogens is 1. The second-order valence-corrected chi connectivity index (χ2v) is 5.66. The van der Waals surface area contributed by atoms with E-state index in [1.807, 2.05) is 13.8 Å². The van der Waals surface area contributed by atoms with Gasteiger partial charge in [0.1, 0.15) is 0 Å². The van der Waals surface area contributed by atoms with Gasteiger partial charge in [-0.1, -0.05) is 36.8 Å². The highest BCUT2D eigenvalue weighted by atomic mass is 35.5. The van der Waals surface area contributed by atoms with Crippen LogP contribution in [0.25, 0.3) is 0 Å². The topological polar surface area (TPSA) is 71.5 Å². The number of anilines is 1. The number of ether oxygens (including phenoxy) is 1. The smallest absolute Gasteiger partial charge is 0.351 e. The van der Waals surface area contributed by atoms with E-state index < -0.39 is 5.97 Å². The van der Waals surface area contributed by atoms with Crippen molar-refractivity contribution in [3.63, 3.8) is 0 Å². The van der Waals surface area contributed by atoms with Crippen molar-refractivity contribution >= 4 is 34.0 Å². The normalized spacial score (nSPS) is 11.4. The van der Waals surface area contributed by atoms with E-state index in [0.717, 1.165) is 11.3 Å². The molecule has 96 valence electrons. The summed E-state index contributed by atoms with van der Waals surface area (Å²) in [5.41, 5.74) is -0.260. The largest absolute Gasteiger partial charge is 0.465 e. The van der Waals surface area contributed by atoms with Crippen LogP contribution in [0, 0.1) is 5.41 Å². The number of aromatic nitrogens is 1. The van der Waals surface area contributed by atoms with E-state index in [0.29, 0.717) is 11.7 Å². The van der Waals surface area contributed by atoms with E-state index in [-0.39, 0.29) is 22.1 Å². The fourth-order valence-corrected chi connectivity index (χ4v) is 2.07. The first-order chi connectivity index (χ1) is 7.89. The first-order valence-corrected chi connectivity index (χ1v) is 6.18. The van der Waals surface area contributed by atoms with Gasteiger partial charge >= 0.3 is 5.97 Å². The maximum absolute atomic E-state index is 11.3. The summed E-state index contributed by atoms with van der Waals surface area (Å²) in [5, 5.41) is 12.8. The van der Waals surface area contributed by atoms with Crippen LogP contribution in [0.2, 0.25) is 5.15 Å². The average molecular weight is 279 g/mol. The zero-order valence-corrected chi connectivity index (χ0v) is 11.5. The molecule has 1 aromatic heterocycles. The van der Waals surface area contributed by atoms with Crippen molar-refractivity contribution in [3.8, 4) is 0 Å². The molecule has 0 saturated carbocycles. The fraction of sp³-hybridized carbons (Fsp3) is 0.600. The Morgan fingerprint density at radius 3 is 2.82 bits per heavy atom. The average Bonchev–Trinajstić information content (AvgIpc) is 2.67. The van der Waals surface area contributed by atoms with Crippen molar-refractivity contribution in [3.05, 3.63) is 10.0 Å². The molecule has 1 aromatic rings. The van der Waals surface area contributed by atoms with E-state index in [4.69, 9.17) is 16.7 Å². The second kappa shape index (κ2) is 5.66. The van der Waals surface area contributed by atoms with Crippen LogP contribution >= 0.6 is 22.9 Å². The predicted octanol–water partition coefficient (Wildman–Crippen LogP) is 2.01. The van der Waals surface area contributed by atoms with Crippen LogP contribution in [0.4, 0.5) is 5.13 Å². The van der Waals surface area contributed by atoms with Gasteiger partial charge in [0.25, 0.3) is 0 Å². The molecule has 0 fully saturated rings. The Balaban J connectivity index is 2.71. The molecule has 7 heteroatoms. The Morgan fingerprint density at radius 1 is 1.65 bits per heavy atom. The van der Waals surface area contributed by atoms with Crippen molar-refractivity contribution < 1.29 is 14.6 Å². The zero-order chi connectivity index (χ0) is 13.1. The molecule has 1 rings (SSSR count). The lowest BCUT2D eigenvalue weighted by Gasteiger charge is -2.21. The lowest BCUT2D eigenvalue weighted by atomic mass is 9.95. The minimum Gasteiger partial charge on any atom is -0.465 e. The van der Waals surface area contributed by atoms with Gasteiger partial charge in [0.15, 0.2) is 15.2 Å². The summed E-state index contributed by atoms with van der Waals surface area (Å²) >= 11 is 6.94. The Morgan fingerprint density at radius 2 is 2.29 bits per heavy atom. The number of hydrogen-bond donors (Lipinski definition) is 2. The number of hydrogen-bond acceptors (Lipinski definition) is 6. The van der Waals surface area contributed by atoms with Crippen molar-refractivity contribution in [2.45, 2.75) is 13.8 Å². The van der Waals surface area contributed by atoms with Crippen molar-refractivity contribution in [1.82, 2.24) is 4.98 Å². The SMILES string of the molecule is COC(=O)c1sc(NCC(C)(C)CO)nc1Cl. The summed E-state index contributed by atoms with van der Waals surface area (Å²) in [4.78, 5) is 15.6. The molecule has 0 bridgehead atoms. The molecular weight excluding hydrogens is 264 g/mol. The Kier molecular flexibility index (Phi) is 4.73. The summed E-state index contributed by atoms with van der Waals surface area (Å²) in [5.74, 6) is -0.498. The second-order valence-electron chi connectivity index (χ2n) is 4.31. The van der Waals surface area contributed by atoms with Gasteiger partial charge in [0, 0.05) is 18.6 Å². The number of aliphatic hydroxyl groups is 1. The number of aliphatic hydroxyl groups excluding tert-OH is 1. The number of rotatable bonds is 5. The number of nitrogens with one attached hydrogen (secondary N) is 1.